The molecule has 0 aromatic heterocycles. The summed E-state index contributed by atoms with van der Waals surface area (Å²) in [5, 5.41) is 11.0. The lowest BCUT2D eigenvalue weighted by Crippen LogP contribution is -2.34. The van der Waals surface area contributed by atoms with Crippen LogP contribution in [0.4, 0.5) is 19.3 Å². The molecule has 0 aliphatic rings. The molecule has 6 nitrogen and oxygen atoms in total. The number of urea groups is 1. The van der Waals surface area contributed by atoms with E-state index in [-0.39, 0.29) is 6.54 Å². The number of nitrogens with one attached hydrogen (secondary N) is 1. The lowest BCUT2D eigenvalue weighted by atomic mass is 10.2. The molecule has 0 heterocycles. The Balaban J connectivity index is 2.80. The predicted molar refractivity (Wildman–Crippen MR) is 71.5 cm³/mol. The zero-order chi connectivity index (χ0) is 16.0. The molecule has 116 valence electrons. The zero-order valence-electron chi connectivity index (χ0n) is 11.7. The van der Waals surface area contributed by atoms with E-state index in [2.05, 4.69) is 5.32 Å². The van der Waals surface area contributed by atoms with Crippen LogP contribution in [0.25, 0.3) is 0 Å². The Morgan fingerprint density at radius 2 is 2.00 bits per heavy atom. The second-order valence-electron chi connectivity index (χ2n) is 4.17. The normalized spacial score (nSPS) is 10.3. The van der Waals surface area contributed by atoms with Gasteiger partial charge in [-0.3, -0.25) is 0 Å². The second kappa shape index (κ2) is 7.53. The first-order valence-electron chi connectivity index (χ1n) is 6.19. The summed E-state index contributed by atoms with van der Waals surface area (Å²) >= 11 is 0. The molecule has 2 N–H and O–H groups in total. The lowest BCUT2D eigenvalue weighted by molar-refractivity contribution is 0.0692. The summed E-state index contributed by atoms with van der Waals surface area (Å²) in [4.78, 5) is 23.8. The number of carboxylic acids is 1. The molecule has 0 aliphatic carbocycles. The van der Waals surface area contributed by atoms with Crippen molar-refractivity contribution in [3.63, 3.8) is 0 Å². The first-order chi connectivity index (χ1) is 9.86. The van der Waals surface area contributed by atoms with E-state index in [0.29, 0.717) is 19.3 Å². The van der Waals surface area contributed by atoms with Crippen LogP contribution in [0.3, 0.4) is 0 Å². The highest BCUT2D eigenvalue weighted by atomic mass is 19.1. The summed E-state index contributed by atoms with van der Waals surface area (Å²) in [7, 11) is 1.47. The number of hydrogen-bond acceptors (Lipinski definition) is 3. The fourth-order valence-electron chi connectivity index (χ4n) is 1.47. The van der Waals surface area contributed by atoms with Crippen molar-refractivity contribution in [2.24, 2.45) is 0 Å². The van der Waals surface area contributed by atoms with Crippen molar-refractivity contribution in [1.82, 2.24) is 4.90 Å². The Bertz CT molecular complexity index is 537. The Morgan fingerprint density at radius 1 is 1.33 bits per heavy atom. The fourth-order valence-corrected chi connectivity index (χ4v) is 1.47. The van der Waals surface area contributed by atoms with Crippen LogP contribution in [-0.2, 0) is 4.74 Å². The highest BCUT2D eigenvalue weighted by molar-refractivity contribution is 5.93. The van der Waals surface area contributed by atoms with Gasteiger partial charge in [0.05, 0.1) is 17.9 Å². The number of rotatable bonds is 6. The Morgan fingerprint density at radius 3 is 2.57 bits per heavy atom. The number of nitrogens with zero attached hydrogens (tertiary/aromatic N) is 1. The minimum absolute atomic E-state index is 0.272. The van der Waals surface area contributed by atoms with Crippen molar-refractivity contribution in [1.29, 1.82) is 0 Å². The first kappa shape index (κ1) is 16.8. The summed E-state index contributed by atoms with van der Waals surface area (Å²) in [6.07, 6.45) is 0. The van der Waals surface area contributed by atoms with Crippen molar-refractivity contribution >= 4 is 17.7 Å². The summed E-state index contributed by atoms with van der Waals surface area (Å²) in [5.74, 6) is -3.81. The largest absolute Gasteiger partial charge is 0.478 e. The molecule has 1 rings (SSSR count). The predicted octanol–water partition coefficient (Wildman–Crippen LogP) is 2.16. The number of hydrogen-bond donors (Lipinski definition) is 2. The van der Waals surface area contributed by atoms with Gasteiger partial charge in [-0.25, -0.2) is 18.4 Å². The summed E-state index contributed by atoms with van der Waals surface area (Å²) < 4.78 is 31.8. The van der Waals surface area contributed by atoms with Gasteiger partial charge in [0, 0.05) is 26.3 Å². The molecule has 1 aromatic rings. The van der Waals surface area contributed by atoms with Gasteiger partial charge in [0.15, 0.2) is 0 Å². The third kappa shape index (κ3) is 4.67. The van der Waals surface area contributed by atoms with Crippen LogP contribution in [-0.4, -0.2) is 48.8 Å². The Kier molecular flexibility index (Phi) is 6.04. The minimum Gasteiger partial charge on any atom is -0.478 e. The molecular weight excluding hydrogens is 286 g/mol. The smallest absolute Gasteiger partial charge is 0.338 e. The van der Waals surface area contributed by atoms with Gasteiger partial charge in [-0.2, -0.15) is 0 Å². The van der Waals surface area contributed by atoms with Gasteiger partial charge < -0.3 is 20.1 Å². The van der Waals surface area contributed by atoms with Gasteiger partial charge in [0.2, 0.25) is 0 Å². The van der Waals surface area contributed by atoms with Crippen molar-refractivity contribution in [2.45, 2.75) is 6.92 Å². The molecule has 0 saturated heterocycles. The van der Waals surface area contributed by atoms with Gasteiger partial charge in [0.25, 0.3) is 0 Å². The average Bonchev–Trinajstić information content (AvgIpc) is 2.41. The maximum absolute atomic E-state index is 13.5. The van der Waals surface area contributed by atoms with E-state index in [1.54, 1.807) is 6.92 Å². The Hall–Kier alpha value is -2.22. The Labute approximate surface area is 120 Å². The summed E-state index contributed by atoms with van der Waals surface area (Å²) in [6, 6.07) is 0.497. The van der Waals surface area contributed by atoms with E-state index in [4.69, 9.17) is 9.84 Å². The van der Waals surface area contributed by atoms with Crippen molar-refractivity contribution < 1.29 is 28.2 Å². The third-order valence-electron chi connectivity index (χ3n) is 2.65. The van der Waals surface area contributed by atoms with Crippen LogP contribution >= 0.6 is 0 Å². The molecule has 0 atom stereocenters. The zero-order valence-corrected chi connectivity index (χ0v) is 11.7. The molecule has 21 heavy (non-hydrogen) atoms. The molecule has 0 fully saturated rings. The number of amides is 2. The van der Waals surface area contributed by atoms with E-state index in [0.717, 1.165) is 6.07 Å². The summed E-state index contributed by atoms with van der Waals surface area (Å²) in [5.41, 5.74) is -1.12. The van der Waals surface area contributed by atoms with E-state index >= 15 is 0 Å². The number of carbonyl (C=O) groups is 2. The third-order valence-corrected chi connectivity index (χ3v) is 2.65. The molecule has 2 amide bonds. The molecule has 0 saturated carbocycles. The molecule has 0 radical (unpaired) electrons. The number of halogens is 2. The van der Waals surface area contributed by atoms with Gasteiger partial charge in [-0.1, -0.05) is 0 Å². The summed E-state index contributed by atoms with van der Waals surface area (Å²) in [6.45, 7) is 2.90. The average molecular weight is 302 g/mol. The lowest BCUT2D eigenvalue weighted by Gasteiger charge is -2.18. The van der Waals surface area contributed by atoms with Crippen molar-refractivity contribution in [3.05, 3.63) is 29.3 Å². The van der Waals surface area contributed by atoms with Gasteiger partial charge in [-0.15, -0.1) is 0 Å². The van der Waals surface area contributed by atoms with Gasteiger partial charge >= 0.3 is 12.0 Å². The number of carbonyl (C=O) groups excluding carboxylic acids is 1. The molecule has 8 heteroatoms. The molecule has 0 unspecified atom stereocenters. The second-order valence-corrected chi connectivity index (χ2v) is 4.17. The molecular formula is C13H16F2N2O4. The molecule has 1 aromatic carbocycles. The standard InChI is InChI=1S/C13H16F2N2O4/c1-3-21-5-4-17(2)13(20)16-11-6-8(12(18)19)9(14)7-10(11)15/h6-7H,3-5H2,1-2H3,(H,16,20)(H,18,19). The van der Waals surface area contributed by atoms with E-state index in [1.165, 1.54) is 11.9 Å². The SMILES string of the molecule is CCOCCN(C)C(=O)Nc1cc(C(=O)O)c(F)cc1F. The van der Waals surface area contributed by atoms with Crippen molar-refractivity contribution in [3.8, 4) is 0 Å². The van der Waals surface area contributed by atoms with E-state index in [1.807, 2.05) is 0 Å². The molecule has 0 aliphatic heterocycles. The maximum Gasteiger partial charge on any atom is 0.338 e. The number of carboxylic acid groups (broad SMARTS) is 1. The monoisotopic (exact) mass is 302 g/mol. The van der Waals surface area contributed by atoms with Crippen LogP contribution in [0.5, 0.6) is 0 Å². The van der Waals surface area contributed by atoms with Crippen LogP contribution in [0.1, 0.15) is 17.3 Å². The molecule has 0 spiro atoms. The van der Waals surface area contributed by atoms with E-state index < -0.39 is 34.9 Å². The quantitative estimate of drug-likeness (QED) is 0.789. The van der Waals surface area contributed by atoms with Crippen molar-refractivity contribution in [2.75, 3.05) is 32.1 Å². The highest BCUT2D eigenvalue weighted by Crippen LogP contribution is 2.20. The topological polar surface area (TPSA) is 78.9 Å². The fraction of sp³-hybridized carbons (Fsp3) is 0.385. The van der Waals surface area contributed by atoms with Crippen LogP contribution in [0.15, 0.2) is 12.1 Å². The maximum atomic E-state index is 13.5. The number of anilines is 1. The van der Waals surface area contributed by atoms with Gasteiger partial charge in [0.1, 0.15) is 11.6 Å². The highest BCUT2D eigenvalue weighted by Gasteiger charge is 2.17. The minimum atomic E-state index is -1.55. The number of aromatic carboxylic acids is 1. The van der Waals surface area contributed by atoms with Crippen LogP contribution < -0.4 is 5.32 Å². The van der Waals surface area contributed by atoms with Crippen LogP contribution in [0, 0.1) is 11.6 Å². The molecule has 0 bridgehead atoms. The number of likely N-dealkylation sites (N-methyl/N-ethyl adjacent to an activating group) is 1. The van der Waals surface area contributed by atoms with E-state index in [9.17, 15) is 18.4 Å². The first-order valence-corrected chi connectivity index (χ1v) is 6.19. The number of benzene rings is 1. The van der Waals surface area contributed by atoms with Crippen LogP contribution in [0.2, 0.25) is 0 Å². The van der Waals surface area contributed by atoms with Gasteiger partial charge in [-0.05, 0) is 13.0 Å². The number of ether oxygens (including phenoxy) is 1.